The zero-order valence-electron chi connectivity index (χ0n) is 13.9. The van der Waals surface area contributed by atoms with Crippen molar-refractivity contribution in [1.82, 2.24) is 10.6 Å². The summed E-state index contributed by atoms with van der Waals surface area (Å²) in [4.78, 5) is 4.19. The number of guanidine groups is 1. The van der Waals surface area contributed by atoms with Crippen LogP contribution in [0.1, 0.15) is 16.7 Å². The van der Waals surface area contributed by atoms with Crippen LogP contribution in [-0.2, 0) is 24.4 Å². The van der Waals surface area contributed by atoms with Crippen LogP contribution in [0.2, 0.25) is 0 Å². The van der Waals surface area contributed by atoms with E-state index in [9.17, 15) is 4.39 Å². The molecule has 0 aliphatic heterocycles. The summed E-state index contributed by atoms with van der Waals surface area (Å²) >= 11 is 0. The summed E-state index contributed by atoms with van der Waals surface area (Å²) in [5.41, 5.74) is 3.29. The molecule has 0 heterocycles. The van der Waals surface area contributed by atoms with Crippen LogP contribution >= 0.6 is 24.0 Å². The van der Waals surface area contributed by atoms with E-state index in [2.05, 4.69) is 27.8 Å². The number of nitrogens with one attached hydrogen (secondary N) is 2. The molecule has 2 aromatic carbocycles. The van der Waals surface area contributed by atoms with Crippen LogP contribution in [0.25, 0.3) is 0 Å². The van der Waals surface area contributed by atoms with E-state index in [1.54, 1.807) is 26.3 Å². The molecule has 0 fully saturated rings. The van der Waals surface area contributed by atoms with Crippen molar-refractivity contribution in [2.24, 2.45) is 4.99 Å². The lowest BCUT2D eigenvalue weighted by Gasteiger charge is -2.12. The Hall–Kier alpha value is -1.67. The Bertz CT molecular complexity index is 647. The summed E-state index contributed by atoms with van der Waals surface area (Å²) in [6.07, 6.45) is 0. The van der Waals surface area contributed by atoms with Gasteiger partial charge in [-0.25, -0.2) is 4.39 Å². The third kappa shape index (κ3) is 6.84. The first kappa shape index (κ1) is 20.4. The molecule has 0 aliphatic rings. The molecular weight excluding hydrogens is 420 g/mol. The van der Waals surface area contributed by atoms with Crippen LogP contribution in [-0.4, -0.2) is 20.1 Å². The van der Waals surface area contributed by atoms with Gasteiger partial charge in [0, 0.05) is 27.2 Å². The molecule has 0 amide bonds. The van der Waals surface area contributed by atoms with E-state index in [0.717, 1.165) is 16.7 Å². The molecule has 2 aromatic rings. The summed E-state index contributed by atoms with van der Waals surface area (Å²) in [5, 5.41) is 6.47. The molecule has 2 rings (SSSR count). The molecule has 0 radical (unpaired) electrons. The van der Waals surface area contributed by atoms with Crippen molar-refractivity contribution in [1.29, 1.82) is 0 Å². The van der Waals surface area contributed by atoms with Gasteiger partial charge in [-0.2, -0.15) is 0 Å². The summed E-state index contributed by atoms with van der Waals surface area (Å²) in [6.45, 7) is 1.86. The number of methoxy groups -OCH3 is 1. The Labute approximate surface area is 159 Å². The van der Waals surface area contributed by atoms with Gasteiger partial charge in [0.1, 0.15) is 5.82 Å². The quantitative estimate of drug-likeness (QED) is 0.409. The Morgan fingerprint density at radius 2 is 1.62 bits per heavy atom. The van der Waals surface area contributed by atoms with Gasteiger partial charge in [0.25, 0.3) is 0 Å². The van der Waals surface area contributed by atoms with Gasteiger partial charge in [-0.05, 0) is 28.8 Å². The van der Waals surface area contributed by atoms with Gasteiger partial charge in [0.2, 0.25) is 0 Å². The lowest BCUT2D eigenvalue weighted by Crippen LogP contribution is -2.36. The Kier molecular flexibility index (Phi) is 9.33. The lowest BCUT2D eigenvalue weighted by molar-refractivity contribution is 0.185. The molecule has 0 atom stereocenters. The zero-order chi connectivity index (χ0) is 16.5. The second kappa shape index (κ2) is 11.0. The molecule has 2 N–H and O–H groups in total. The number of benzene rings is 2. The maximum atomic E-state index is 12.9. The highest BCUT2D eigenvalue weighted by atomic mass is 127. The fourth-order valence-electron chi connectivity index (χ4n) is 2.19. The van der Waals surface area contributed by atoms with E-state index in [1.165, 1.54) is 12.1 Å². The highest BCUT2D eigenvalue weighted by molar-refractivity contribution is 14.0. The minimum absolute atomic E-state index is 0. The number of aliphatic imine (C=N–C) groups is 1. The number of ether oxygens (including phenoxy) is 1. The van der Waals surface area contributed by atoms with Gasteiger partial charge in [-0.1, -0.05) is 36.4 Å². The summed E-state index contributed by atoms with van der Waals surface area (Å²) < 4.78 is 18.0. The molecule has 0 aliphatic carbocycles. The number of nitrogens with zero attached hydrogens (tertiary/aromatic N) is 1. The van der Waals surface area contributed by atoms with Gasteiger partial charge in [-0.3, -0.25) is 4.99 Å². The van der Waals surface area contributed by atoms with E-state index < -0.39 is 0 Å². The van der Waals surface area contributed by atoms with Gasteiger partial charge >= 0.3 is 0 Å². The van der Waals surface area contributed by atoms with Crippen LogP contribution in [0.4, 0.5) is 4.39 Å². The molecule has 0 bridgehead atoms. The molecule has 0 saturated heterocycles. The topological polar surface area (TPSA) is 45.7 Å². The maximum absolute atomic E-state index is 12.9. The van der Waals surface area contributed by atoms with Crippen molar-refractivity contribution in [3.8, 4) is 0 Å². The van der Waals surface area contributed by atoms with Crippen molar-refractivity contribution in [3.05, 3.63) is 71.0 Å². The molecule has 4 nitrogen and oxygen atoms in total. The number of halogens is 2. The van der Waals surface area contributed by atoms with Crippen molar-refractivity contribution >= 4 is 29.9 Å². The average Bonchev–Trinajstić information content (AvgIpc) is 2.57. The van der Waals surface area contributed by atoms with Crippen molar-refractivity contribution in [2.45, 2.75) is 19.7 Å². The van der Waals surface area contributed by atoms with E-state index in [1.807, 2.05) is 12.1 Å². The molecule has 6 heteroatoms. The number of hydrogen-bond acceptors (Lipinski definition) is 2. The third-order valence-corrected chi connectivity index (χ3v) is 3.36. The molecule has 0 aromatic heterocycles. The number of rotatable bonds is 6. The maximum Gasteiger partial charge on any atom is 0.191 e. The van der Waals surface area contributed by atoms with E-state index >= 15 is 0 Å². The molecule has 0 spiro atoms. The second-order valence-corrected chi connectivity index (χ2v) is 5.16. The highest BCUT2D eigenvalue weighted by Crippen LogP contribution is 2.06. The number of hydrogen-bond donors (Lipinski definition) is 2. The molecule has 0 unspecified atom stereocenters. The Balaban J connectivity index is 0.00000288. The normalized spacial score (nSPS) is 10.9. The van der Waals surface area contributed by atoms with Crippen LogP contribution in [0.5, 0.6) is 0 Å². The summed E-state index contributed by atoms with van der Waals surface area (Å²) in [7, 11) is 3.41. The first-order valence-electron chi connectivity index (χ1n) is 7.47. The standard InChI is InChI=1S/C18H22FN3O.HI/c1-20-18(21-11-14-6-8-17(19)9-7-14)22-12-15-4-3-5-16(10-15)13-23-2;/h3-10H,11-13H2,1-2H3,(H2,20,21,22);1H. The van der Waals surface area contributed by atoms with Gasteiger partial charge < -0.3 is 15.4 Å². The minimum Gasteiger partial charge on any atom is -0.380 e. The fourth-order valence-corrected chi connectivity index (χ4v) is 2.19. The SMILES string of the molecule is CN=C(NCc1ccc(F)cc1)NCc1cccc(COC)c1.I. The summed E-state index contributed by atoms with van der Waals surface area (Å²) in [5.74, 6) is 0.471. The predicted molar refractivity (Wildman–Crippen MR) is 106 cm³/mol. The first-order valence-corrected chi connectivity index (χ1v) is 7.47. The van der Waals surface area contributed by atoms with Crippen molar-refractivity contribution < 1.29 is 9.13 Å². The molecule has 0 saturated carbocycles. The van der Waals surface area contributed by atoms with Gasteiger partial charge in [0.05, 0.1) is 6.61 Å². The zero-order valence-corrected chi connectivity index (χ0v) is 16.2. The largest absolute Gasteiger partial charge is 0.380 e. The Morgan fingerprint density at radius 1 is 1.00 bits per heavy atom. The smallest absolute Gasteiger partial charge is 0.191 e. The molecule has 130 valence electrons. The van der Waals surface area contributed by atoms with E-state index in [4.69, 9.17) is 4.74 Å². The predicted octanol–water partition coefficient (Wildman–Crippen LogP) is 3.46. The highest BCUT2D eigenvalue weighted by Gasteiger charge is 2.01. The fraction of sp³-hybridized carbons (Fsp3) is 0.278. The average molecular weight is 443 g/mol. The van der Waals surface area contributed by atoms with Gasteiger partial charge in [0.15, 0.2) is 5.96 Å². The van der Waals surface area contributed by atoms with E-state index in [-0.39, 0.29) is 29.8 Å². The minimum atomic E-state index is -0.229. The second-order valence-electron chi connectivity index (χ2n) is 5.16. The monoisotopic (exact) mass is 443 g/mol. The molecule has 24 heavy (non-hydrogen) atoms. The van der Waals surface area contributed by atoms with Crippen LogP contribution in [0, 0.1) is 5.82 Å². The van der Waals surface area contributed by atoms with Crippen LogP contribution in [0.15, 0.2) is 53.5 Å². The lowest BCUT2D eigenvalue weighted by atomic mass is 10.1. The van der Waals surface area contributed by atoms with Crippen molar-refractivity contribution in [2.75, 3.05) is 14.2 Å². The van der Waals surface area contributed by atoms with E-state index in [0.29, 0.717) is 25.7 Å². The van der Waals surface area contributed by atoms with Crippen LogP contribution in [0.3, 0.4) is 0 Å². The molecular formula is C18H23FIN3O. The van der Waals surface area contributed by atoms with Gasteiger partial charge in [-0.15, -0.1) is 24.0 Å². The van der Waals surface area contributed by atoms with Crippen LogP contribution < -0.4 is 10.6 Å². The first-order chi connectivity index (χ1) is 11.2. The Morgan fingerprint density at radius 3 is 2.25 bits per heavy atom. The van der Waals surface area contributed by atoms with Crippen molar-refractivity contribution in [3.63, 3.8) is 0 Å². The third-order valence-electron chi connectivity index (χ3n) is 3.36. The summed E-state index contributed by atoms with van der Waals surface area (Å²) in [6, 6.07) is 14.6.